The summed E-state index contributed by atoms with van der Waals surface area (Å²) in [7, 11) is -6.36. The highest BCUT2D eigenvalue weighted by molar-refractivity contribution is 7.87. The average molecular weight is 298 g/mol. The molecule has 0 saturated heterocycles. The topological polar surface area (TPSA) is 54.4 Å². The number of rotatable bonds is 8. The van der Waals surface area contributed by atoms with Crippen LogP contribution in [-0.2, 0) is 10.1 Å². The van der Waals surface area contributed by atoms with Gasteiger partial charge in [-0.15, -0.1) is 0 Å². The van der Waals surface area contributed by atoms with Gasteiger partial charge in [-0.05, 0) is 6.42 Å². The summed E-state index contributed by atoms with van der Waals surface area (Å²) in [5.41, 5.74) is 0. The van der Waals surface area contributed by atoms with Gasteiger partial charge in [-0.2, -0.15) is 26.0 Å². The quantitative estimate of drug-likeness (QED) is 0.424. The Hall–Kier alpha value is -0.440. The standard InChI is InChI=1S/C9H15F5O3S/c1-2-3-4-5-6-7(10)8(11,12)9(13,14)18(15,16)17/h7H,2-6H2,1H3,(H,15,16,17). The Bertz CT molecular complexity index is 355. The van der Waals surface area contributed by atoms with Crippen LogP contribution in [0.5, 0.6) is 0 Å². The average Bonchev–Trinajstić information content (AvgIpc) is 2.22. The first kappa shape index (κ1) is 17.6. The molecule has 0 aliphatic rings. The zero-order valence-electron chi connectivity index (χ0n) is 9.67. The van der Waals surface area contributed by atoms with E-state index < -0.39 is 33.9 Å². The highest BCUT2D eigenvalue weighted by atomic mass is 32.2. The minimum atomic E-state index is -6.36. The fourth-order valence-electron chi connectivity index (χ4n) is 1.29. The summed E-state index contributed by atoms with van der Waals surface area (Å²) in [6.07, 6.45) is -2.53. The van der Waals surface area contributed by atoms with Crippen LogP contribution in [0.3, 0.4) is 0 Å². The molecule has 0 aliphatic heterocycles. The third-order valence-corrected chi connectivity index (χ3v) is 3.34. The molecule has 0 aliphatic carbocycles. The van der Waals surface area contributed by atoms with Crippen LogP contribution in [0.4, 0.5) is 22.0 Å². The summed E-state index contributed by atoms with van der Waals surface area (Å²) in [6.45, 7) is 1.81. The van der Waals surface area contributed by atoms with Crippen molar-refractivity contribution in [3.63, 3.8) is 0 Å². The molecule has 0 rings (SSSR count). The summed E-state index contributed by atoms with van der Waals surface area (Å²) >= 11 is 0. The maximum Gasteiger partial charge on any atom is 0.434 e. The first-order valence-corrected chi connectivity index (χ1v) is 6.79. The van der Waals surface area contributed by atoms with Crippen molar-refractivity contribution in [1.82, 2.24) is 0 Å². The van der Waals surface area contributed by atoms with Crippen molar-refractivity contribution < 1.29 is 34.9 Å². The van der Waals surface area contributed by atoms with E-state index in [0.29, 0.717) is 12.8 Å². The molecular weight excluding hydrogens is 283 g/mol. The molecule has 110 valence electrons. The highest BCUT2D eigenvalue weighted by Crippen LogP contribution is 2.43. The van der Waals surface area contributed by atoms with E-state index in [1.54, 1.807) is 0 Å². The number of unbranched alkanes of at least 4 members (excludes halogenated alkanes) is 3. The van der Waals surface area contributed by atoms with Gasteiger partial charge in [-0.25, -0.2) is 4.39 Å². The van der Waals surface area contributed by atoms with Crippen LogP contribution >= 0.6 is 0 Å². The molecule has 0 radical (unpaired) electrons. The summed E-state index contributed by atoms with van der Waals surface area (Å²) in [6, 6.07) is 0. The van der Waals surface area contributed by atoms with Crippen molar-refractivity contribution in [2.45, 2.75) is 56.4 Å². The van der Waals surface area contributed by atoms with Gasteiger partial charge in [0.05, 0.1) is 0 Å². The lowest BCUT2D eigenvalue weighted by atomic mass is 10.1. The van der Waals surface area contributed by atoms with Gasteiger partial charge in [0.2, 0.25) is 0 Å². The number of hydrogen-bond acceptors (Lipinski definition) is 2. The van der Waals surface area contributed by atoms with Gasteiger partial charge in [0.25, 0.3) is 0 Å². The van der Waals surface area contributed by atoms with E-state index in [0.717, 1.165) is 6.42 Å². The summed E-state index contributed by atoms with van der Waals surface area (Å²) < 4.78 is 92.6. The fourth-order valence-corrected chi connectivity index (χ4v) is 1.76. The van der Waals surface area contributed by atoms with E-state index >= 15 is 0 Å². The van der Waals surface area contributed by atoms with Crippen LogP contribution in [-0.4, -0.2) is 30.3 Å². The first-order chi connectivity index (χ1) is 7.98. The van der Waals surface area contributed by atoms with E-state index in [4.69, 9.17) is 4.55 Å². The van der Waals surface area contributed by atoms with Crippen LogP contribution in [0.15, 0.2) is 0 Å². The molecule has 1 N–H and O–H groups in total. The molecule has 0 heterocycles. The molecule has 18 heavy (non-hydrogen) atoms. The Balaban J connectivity index is 4.71. The predicted molar refractivity (Wildman–Crippen MR) is 55.1 cm³/mol. The second-order valence-electron chi connectivity index (χ2n) is 3.93. The van der Waals surface area contributed by atoms with Crippen molar-refractivity contribution >= 4 is 10.1 Å². The Kier molecular flexibility index (Phi) is 5.99. The number of hydrogen-bond donors (Lipinski definition) is 1. The van der Waals surface area contributed by atoms with Crippen molar-refractivity contribution in [1.29, 1.82) is 0 Å². The second-order valence-corrected chi connectivity index (χ2v) is 5.39. The molecule has 0 amide bonds. The first-order valence-electron chi connectivity index (χ1n) is 5.35. The highest BCUT2D eigenvalue weighted by Gasteiger charge is 2.69. The molecule has 9 heteroatoms. The predicted octanol–water partition coefficient (Wildman–Crippen LogP) is 3.41. The van der Waals surface area contributed by atoms with Crippen molar-refractivity contribution in [3.8, 4) is 0 Å². The van der Waals surface area contributed by atoms with Crippen LogP contribution in [0, 0.1) is 0 Å². The molecule has 0 bridgehead atoms. The largest absolute Gasteiger partial charge is 0.434 e. The van der Waals surface area contributed by atoms with Gasteiger partial charge in [-0.3, -0.25) is 4.55 Å². The molecule has 0 aromatic heterocycles. The van der Waals surface area contributed by atoms with Gasteiger partial charge in [0.1, 0.15) is 0 Å². The van der Waals surface area contributed by atoms with Crippen molar-refractivity contribution in [2.24, 2.45) is 0 Å². The zero-order chi connectivity index (χ0) is 14.6. The third kappa shape index (κ3) is 3.78. The van der Waals surface area contributed by atoms with Crippen LogP contribution in [0.25, 0.3) is 0 Å². The van der Waals surface area contributed by atoms with E-state index in [1.165, 1.54) is 0 Å². The number of halogens is 5. The van der Waals surface area contributed by atoms with Gasteiger partial charge in [0, 0.05) is 0 Å². The lowest BCUT2D eigenvalue weighted by molar-refractivity contribution is -0.198. The van der Waals surface area contributed by atoms with E-state index in [2.05, 4.69) is 0 Å². The number of alkyl halides is 5. The van der Waals surface area contributed by atoms with E-state index in [9.17, 15) is 30.4 Å². The molecule has 0 saturated carbocycles. The minimum absolute atomic E-state index is 0.0633. The summed E-state index contributed by atoms with van der Waals surface area (Å²) in [5, 5.41) is -5.83. The van der Waals surface area contributed by atoms with Gasteiger partial charge >= 0.3 is 21.3 Å². The Morgan fingerprint density at radius 3 is 2.00 bits per heavy atom. The normalized spacial score (nSPS) is 15.7. The Morgan fingerprint density at radius 2 is 1.61 bits per heavy atom. The van der Waals surface area contributed by atoms with Crippen molar-refractivity contribution in [2.75, 3.05) is 0 Å². The molecule has 0 aromatic rings. The maximum absolute atomic E-state index is 13.0. The molecular formula is C9H15F5O3S. The Morgan fingerprint density at radius 1 is 1.11 bits per heavy atom. The molecule has 0 aromatic carbocycles. The molecule has 1 atom stereocenters. The third-order valence-electron chi connectivity index (χ3n) is 2.42. The summed E-state index contributed by atoms with van der Waals surface area (Å²) in [5.74, 6) is -5.45. The molecule has 0 fully saturated rings. The fraction of sp³-hybridized carbons (Fsp3) is 1.00. The maximum atomic E-state index is 13.0. The van der Waals surface area contributed by atoms with Crippen LogP contribution in [0.2, 0.25) is 0 Å². The van der Waals surface area contributed by atoms with E-state index in [-0.39, 0.29) is 6.42 Å². The van der Waals surface area contributed by atoms with Gasteiger partial charge < -0.3 is 0 Å². The lowest BCUT2D eigenvalue weighted by Gasteiger charge is -2.26. The molecule has 1 unspecified atom stereocenters. The summed E-state index contributed by atoms with van der Waals surface area (Å²) in [4.78, 5) is 0. The molecule has 0 spiro atoms. The second kappa shape index (κ2) is 6.14. The molecule has 3 nitrogen and oxygen atoms in total. The van der Waals surface area contributed by atoms with E-state index in [1.807, 2.05) is 6.92 Å². The van der Waals surface area contributed by atoms with Crippen LogP contribution in [0.1, 0.15) is 39.0 Å². The minimum Gasteiger partial charge on any atom is -0.281 e. The monoisotopic (exact) mass is 298 g/mol. The zero-order valence-corrected chi connectivity index (χ0v) is 10.5. The van der Waals surface area contributed by atoms with Crippen LogP contribution < -0.4 is 0 Å². The SMILES string of the molecule is CCCCCCC(F)C(F)(F)C(F)(F)S(=O)(=O)O. The van der Waals surface area contributed by atoms with Crippen molar-refractivity contribution in [3.05, 3.63) is 0 Å². The van der Waals surface area contributed by atoms with Gasteiger partial charge in [-0.1, -0.05) is 32.6 Å². The lowest BCUT2D eigenvalue weighted by Crippen LogP contribution is -2.52. The Labute approximate surface area is 102 Å². The van der Waals surface area contributed by atoms with Gasteiger partial charge in [0.15, 0.2) is 6.17 Å². The smallest absolute Gasteiger partial charge is 0.281 e.